The topological polar surface area (TPSA) is 75.4 Å². The van der Waals surface area contributed by atoms with Crippen LogP contribution in [0, 0.1) is 18.3 Å². The summed E-state index contributed by atoms with van der Waals surface area (Å²) < 4.78 is 0. The smallest absolute Gasteiger partial charge is 0.240 e. The van der Waals surface area contributed by atoms with Gasteiger partial charge in [-0.05, 0) is 30.7 Å². The highest BCUT2D eigenvalue weighted by atomic mass is 16.2. The lowest BCUT2D eigenvalue weighted by Crippen LogP contribution is -2.53. The molecule has 1 fully saturated rings. The number of rotatable bonds is 4. The van der Waals surface area contributed by atoms with E-state index in [1.54, 1.807) is 4.90 Å². The van der Waals surface area contributed by atoms with Gasteiger partial charge in [0, 0.05) is 25.6 Å². The number of hydrogen-bond donors (Lipinski definition) is 2. The van der Waals surface area contributed by atoms with E-state index in [9.17, 15) is 9.59 Å². The standard InChI is InChI=1S/C20H31N3O2/c1-14-5-7-15(8-6-14)13-22-18(24)16-9-11-23(12-10-16)19(25)17(21)20(2,3)4/h5-8,16-17H,9-13,21H2,1-4H3,(H,22,24)/t17-/m1/s1. The van der Waals surface area contributed by atoms with Crippen LogP contribution in [0.5, 0.6) is 0 Å². The molecule has 2 rings (SSSR count). The number of benzene rings is 1. The number of nitrogens with two attached hydrogens (primary N) is 1. The molecule has 3 N–H and O–H groups in total. The summed E-state index contributed by atoms with van der Waals surface area (Å²) >= 11 is 0. The molecule has 1 aromatic rings. The zero-order chi connectivity index (χ0) is 18.6. The van der Waals surface area contributed by atoms with Crippen molar-refractivity contribution in [2.45, 2.75) is 53.1 Å². The molecule has 1 heterocycles. The van der Waals surface area contributed by atoms with Crippen LogP contribution in [0.2, 0.25) is 0 Å². The Morgan fingerprint density at radius 3 is 2.28 bits per heavy atom. The SMILES string of the molecule is Cc1ccc(CNC(=O)C2CCN(C(=O)[C@@H](N)C(C)(C)C)CC2)cc1. The van der Waals surface area contributed by atoms with E-state index in [1.807, 2.05) is 52.0 Å². The molecule has 0 aromatic heterocycles. The minimum Gasteiger partial charge on any atom is -0.352 e. The Balaban J connectivity index is 1.80. The highest BCUT2D eigenvalue weighted by Crippen LogP contribution is 2.23. The first-order valence-corrected chi connectivity index (χ1v) is 9.06. The predicted molar refractivity (Wildman–Crippen MR) is 99.8 cm³/mol. The molecule has 0 saturated carbocycles. The third kappa shape index (κ3) is 5.30. The van der Waals surface area contributed by atoms with Crippen molar-refractivity contribution in [3.8, 4) is 0 Å². The summed E-state index contributed by atoms with van der Waals surface area (Å²) in [6.45, 7) is 9.72. The van der Waals surface area contributed by atoms with Gasteiger partial charge < -0.3 is 16.0 Å². The first kappa shape index (κ1) is 19.4. The average molecular weight is 345 g/mol. The van der Waals surface area contributed by atoms with Crippen molar-refractivity contribution in [3.63, 3.8) is 0 Å². The van der Waals surface area contributed by atoms with Crippen molar-refractivity contribution < 1.29 is 9.59 Å². The van der Waals surface area contributed by atoms with Crippen LogP contribution in [0.4, 0.5) is 0 Å². The van der Waals surface area contributed by atoms with E-state index >= 15 is 0 Å². The number of carbonyl (C=O) groups excluding carboxylic acids is 2. The number of carbonyl (C=O) groups is 2. The molecular weight excluding hydrogens is 314 g/mol. The van der Waals surface area contributed by atoms with Crippen LogP contribution >= 0.6 is 0 Å². The second-order valence-corrected chi connectivity index (χ2v) is 8.15. The highest BCUT2D eigenvalue weighted by molar-refractivity contribution is 5.83. The molecule has 5 heteroatoms. The van der Waals surface area contributed by atoms with E-state index in [0.717, 1.165) is 5.56 Å². The molecule has 1 aliphatic rings. The normalized spacial score (nSPS) is 17.2. The number of nitrogens with one attached hydrogen (secondary N) is 1. The highest BCUT2D eigenvalue weighted by Gasteiger charge is 2.34. The molecule has 0 unspecified atom stereocenters. The molecule has 0 aliphatic carbocycles. The van der Waals surface area contributed by atoms with Crippen LogP contribution in [0.25, 0.3) is 0 Å². The van der Waals surface area contributed by atoms with Gasteiger partial charge in [0.25, 0.3) is 0 Å². The largest absolute Gasteiger partial charge is 0.352 e. The number of nitrogens with zero attached hydrogens (tertiary/aromatic N) is 1. The van der Waals surface area contributed by atoms with E-state index in [2.05, 4.69) is 5.32 Å². The number of amides is 2. The second-order valence-electron chi connectivity index (χ2n) is 8.15. The lowest BCUT2D eigenvalue weighted by molar-refractivity contribution is -0.138. The third-order valence-corrected chi connectivity index (χ3v) is 4.96. The molecule has 25 heavy (non-hydrogen) atoms. The maximum Gasteiger partial charge on any atom is 0.240 e. The number of likely N-dealkylation sites (tertiary alicyclic amines) is 1. The minimum atomic E-state index is -0.501. The Morgan fingerprint density at radius 1 is 1.20 bits per heavy atom. The molecule has 1 atom stereocenters. The van der Waals surface area contributed by atoms with E-state index < -0.39 is 6.04 Å². The van der Waals surface area contributed by atoms with Crippen molar-refractivity contribution >= 4 is 11.8 Å². The molecule has 0 bridgehead atoms. The van der Waals surface area contributed by atoms with Crippen LogP contribution in [-0.4, -0.2) is 35.8 Å². The summed E-state index contributed by atoms with van der Waals surface area (Å²) in [6.07, 6.45) is 1.39. The van der Waals surface area contributed by atoms with Gasteiger partial charge in [-0.2, -0.15) is 0 Å². The van der Waals surface area contributed by atoms with Gasteiger partial charge in [-0.15, -0.1) is 0 Å². The Morgan fingerprint density at radius 2 is 1.76 bits per heavy atom. The first-order valence-electron chi connectivity index (χ1n) is 9.06. The first-order chi connectivity index (χ1) is 11.7. The lowest BCUT2D eigenvalue weighted by atomic mass is 9.85. The summed E-state index contributed by atoms with van der Waals surface area (Å²) in [6, 6.07) is 7.66. The summed E-state index contributed by atoms with van der Waals surface area (Å²) in [4.78, 5) is 26.6. The molecule has 5 nitrogen and oxygen atoms in total. The molecule has 1 aliphatic heterocycles. The van der Waals surface area contributed by atoms with E-state index in [-0.39, 0.29) is 23.1 Å². The van der Waals surface area contributed by atoms with Crippen molar-refractivity contribution in [1.82, 2.24) is 10.2 Å². The van der Waals surface area contributed by atoms with E-state index in [1.165, 1.54) is 5.56 Å². The van der Waals surface area contributed by atoms with E-state index in [0.29, 0.717) is 32.5 Å². The second kappa shape index (κ2) is 8.00. The van der Waals surface area contributed by atoms with E-state index in [4.69, 9.17) is 5.73 Å². The molecule has 1 saturated heterocycles. The maximum atomic E-state index is 12.5. The monoisotopic (exact) mass is 345 g/mol. The number of aryl methyl sites for hydroxylation is 1. The Hall–Kier alpha value is -1.88. The maximum absolute atomic E-state index is 12.5. The molecule has 0 radical (unpaired) electrons. The fourth-order valence-electron chi connectivity index (χ4n) is 2.97. The van der Waals surface area contributed by atoms with Gasteiger partial charge in [0.15, 0.2) is 0 Å². The Bertz CT molecular complexity index is 596. The molecule has 1 aromatic carbocycles. The Kier molecular flexibility index (Phi) is 6.22. The van der Waals surface area contributed by atoms with Gasteiger partial charge in [-0.3, -0.25) is 9.59 Å². The molecule has 2 amide bonds. The summed E-state index contributed by atoms with van der Waals surface area (Å²) in [5.41, 5.74) is 8.13. The lowest BCUT2D eigenvalue weighted by Gasteiger charge is -2.36. The van der Waals surface area contributed by atoms with Gasteiger partial charge in [0.1, 0.15) is 0 Å². The Labute approximate surface area is 151 Å². The van der Waals surface area contributed by atoms with Crippen LogP contribution in [0.3, 0.4) is 0 Å². The predicted octanol–water partition coefficient (Wildman–Crippen LogP) is 2.22. The third-order valence-electron chi connectivity index (χ3n) is 4.96. The van der Waals surface area contributed by atoms with Crippen molar-refractivity contribution in [1.29, 1.82) is 0 Å². The zero-order valence-electron chi connectivity index (χ0n) is 15.8. The van der Waals surface area contributed by atoms with Crippen LogP contribution in [-0.2, 0) is 16.1 Å². The van der Waals surface area contributed by atoms with Crippen LogP contribution in [0.1, 0.15) is 44.7 Å². The number of hydrogen-bond acceptors (Lipinski definition) is 3. The van der Waals surface area contributed by atoms with Gasteiger partial charge in [0.2, 0.25) is 11.8 Å². The summed E-state index contributed by atoms with van der Waals surface area (Å²) in [7, 11) is 0. The van der Waals surface area contributed by atoms with Crippen LogP contribution < -0.4 is 11.1 Å². The molecule has 138 valence electrons. The summed E-state index contributed by atoms with van der Waals surface area (Å²) in [5.74, 6) is 0.0409. The average Bonchev–Trinajstić information content (AvgIpc) is 2.59. The van der Waals surface area contributed by atoms with Crippen molar-refractivity contribution in [2.75, 3.05) is 13.1 Å². The summed E-state index contributed by atoms with van der Waals surface area (Å²) in [5, 5.41) is 3.01. The van der Waals surface area contributed by atoms with Crippen LogP contribution in [0.15, 0.2) is 24.3 Å². The molecular formula is C20H31N3O2. The zero-order valence-corrected chi connectivity index (χ0v) is 15.8. The van der Waals surface area contributed by atoms with Gasteiger partial charge in [0.05, 0.1) is 6.04 Å². The fraction of sp³-hybridized carbons (Fsp3) is 0.600. The number of piperidine rings is 1. The minimum absolute atomic E-state index is 0.00832. The van der Waals surface area contributed by atoms with Crippen molar-refractivity contribution in [3.05, 3.63) is 35.4 Å². The fourth-order valence-corrected chi connectivity index (χ4v) is 2.97. The quantitative estimate of drug-likeness (QED) is 0.878. The van der Waals surface area contributed by atoms with Gasteiger partial charge in [-0.25, -0.2) is 0 Å². The van der Waals surface area contributed by atoms with Gasteiger partial charge in [-0.1, -0.05) is 50.6 Å². The van der Waals surface area contributed by atoms with Gasteiger partial charge >= 0.3 is 0 Å². The molecule has 0 spiro atoms. The van der Waals surface area contributed by atoms with Crippen molar-refractivity contribution in [2.24, 2.45) is 17.1 Å².